The van der Waals surface area contributed by atoms with Crippen LogP contribution in [0.4, 0.5) is 0 Å². The largest absolute Gasteiger partial charge is 0.305 e. The van der Waals surface area contributed by atoms with Gasteiger partial charge in [0.05, 0.1) is 27.6 Å². The van der Waals surface area contributed by atoms with E-state index in [-0.39, 0.29) is 17.3 Å². The molecule has 9 heteroatoms. The summed E-state index contributed by atoms with van der Waals surface area (Å²) in [4.78, 5) is 18.4. The van der Waals surface area contributed by atoms with E-state index in [2.05, 4.69) is 30.0 Å². The summed E-state index contributed by atoms with van der Waals surface area (Å²) in [7, 11) is -3.72. The van der Waals surface area contributed by atoms with Crippen LogP contribution in [0.2, 0.25) is 5.02 Å². The van der Waals surface area contributed by atoms with Crippen molar-refractivity contribution < 1.29 is 13.2 Å². The van der Waals surface area contributed by atoms with Gasteiger partial charge in [-0.25, -0.2) is 8.42 Å². The molecule has 1 fully saturated rings. The lowest BCUT2D eigenvalue weighted by Crippen LogP contribution is -2.42. The number of amides is 1. The van der Waals surface area contributed by atoms with Gasteiger partial charge < -0.3 is 4.57 Å². The third-order valence-electron chi connectivity index (χ3n) is 6.21. The molecule has 2 heterocycles. The molecule has 0 N–H and O–H groups in total. The molecule has 184 valence electrons. The van der Waals surface area contributed by atoms with Crippen molar-refractivity contribution in [1.82, 2.24) is 8.87 Å². The normalized spacial score (nSPS) is 17.5. The van der Waals surface area contributed by atoms with E-state index >= 15 is 0 Å². The van der Waals surface area contributed by atoms with E-state index in [1.165, 1.54) is 33.3 Å². The molecule has 1 unspecified atom stereocenters. The monoisotopic (exact) mass is 529 g/mol. The second-order valence-electron chi connectivity index (χ2n) is 8.69. The highest BCUT2D eigenvalue weighted by atomic mass is 35.5. The Labute approximate surface area is 215 Å². The number of nitrogens with zero attached hydrogens (tertiary/aromatic N) is 3. The standard InChI is InChI=1S/C26H28ClN3O3S2/c1-3-5-7-19-9-14-23-24(17-19)34-26(30(23)15-4-2)28-25(31)20-8-6-16-29(18-20)35(32,33)22-12-10-21(27)11-13-22/h2,9-14,17,20H,3,5-8,15-16,18H2,1H3. The maximum absolute atomic E-state index is 13.2. The Morgan fingerprint density at radius 3 is 2.74 bits per heavy atom. The number of unbranched alkanes of at least 4 members (excludes halogenated alkanes) is 1. The molecule has 1 amide bonds. The van der Waals surface area contributed by atoms with Crippen molar-refractivity contribution in [3.63, 3.8) is 0 Å². The van der Waals surface area contributed by atoms with E-state index in [4.69, 9.17) is 18.0 Å². The first kappa shape index (κ1) is 25.6. The lowest BCUT2D eigenvalue weighted by Gasteiger charge is -2.30. The van der Waals surface area contributed by atoms with Crippen molar-refractivity contribution in [2.75, 3.05) is 13.1 Å². The third kappa shape index (κ3) is 5.70. The zero-order chi connectivity index (χ0) is 25.0. The highest BCUT2D eigenvalue weighted by molar-refractivity contribution is 7.89. The van der Waals surface area contributed by atoms with Crippen LogP contribution in [0.3, 0.4) is 0 Å². The Bertz CT molecular complexity index is 1430. The Morgan fingerprint density at radius 2 is 2.03 bits per heavy atom. The summed E-state index contributed by atoms with van der Waals surface area (Å²) in [6, 6.07) is 12.4. The van der Waals surface area contributed by atoms with Crippen LogP contribution < -0.4 is 4.80 Å². The zero-order valence-electron chi connectivity index (χ0n) is 19.6. The molecule has 3 aromatic rings. The zero-order valence-corrected chi connectivity index (χ0v) is 22.0. The van der Waals surface area contributed by atoms with Crippen LogP contribution in [0.25, 0.3) is 10.2 Å². The van der Waals surface area contributed by atoms with Gasteiger partial charge in [-0.15, -0.1) is 6.42 Å². The van der Waals surface area contributed by atoms with Gasteiger partial charge in [-0.2, -0.15) is 9.30 Å². The number of halogens is 1. The van der Waals surface area contributed by atoms with Gasteiger partial charge in [0.2, 0.25) is 10.0 Å². The number of fused-ring (bicyclic) bond motifs is 1. The van der Waals surface area contributed by atoms with Gasteiger partial charge in [0, 0.05) is 18.1 Å². The summed E-state index contributed by atoms with van der Waals surface area (Å²) < 4.78 is 30.5. The first-order chi connectivity index (χ1) is 16.8. The number of hydrogen-bond donors (Lipinski definition) is 0. The predicted octanol–water partition coefficient (Wildman–Crippen LogP) is 4.86. The van der Waals surface area contributed by atoms with E-state index in [0.717, 1.165) is 29.5 Å². The molecule has 6 nitrogen and oxygen atoms in total. The maximum Gasteiger partial charge on any atom is 0.252 e. The number of benzene rings is 2. The van der Waals surface area contributed by atoms with Crippen molar-refractivity contribution >= 4 is 49.1 Å². The smallest absolute Gasteiger partial charge is 0.252 e. The van der Waals surface area contributed by atoms with Crippen LogP contribution in [0.15, 0.2) is 52.4 Å². The number of terminal acetylenes is 1. The van der Waals surface area contributed by atoms with Gasteiger partial charge in [0.1, 0.15) is 0 Å². The highest BCUT2D eigenvalue weighted by Gasteiger charge is 2.33. The summed E-state index contributed by atoms with van der Waals surface area (Å²) in [5, 5.41) is 0.468. The van der Waals surface area contributed by atoms with Crippen LogP contribution in [-0.4, -0.2) is 36.3 Å². The minimum atomic E-state index is -3.72. The van der Waals surface area contributed by atoms with Crippen molar-refractivity contribution in [2.24, 2.45) is 10.9 Å². The second-order valence-corrected chi connectivity index (χ2v) is 12.1. The molecule has 0 saturated carbocycles. The lowest BCUT2D eigenvalue weighted by molar-refractivity contribution is -0.122. The topological polar surface area (TPSA) is 71.7 Å². The fourth-order valence-electron chi connectivity index (χ4n) is 4.29. The summed E-state index contributed by atoms with van der Waals surface area (Å²) in [5.41, 5.74) is 2.21. The average molecular weight is 530 g/mol. The Hall–Kier alpha value is -2.44. The summed E-state index contributed by atoms with van der Waals surface area (Å²) in [6.07, 6.45) is 10.0. The van der Waals surface area contributed by atoms with Crippen LogP contribution in [0, 0.1) is 18.3 Å². The molecule has 1 aliphatic heterocycles. The molecule has 1 saturated heterocycles. The molecule has 0 spiro atoms. The number of aryl methyl sites for hydroxylation is 1. The average Bonchev–Trinajstić information content (AvgIpc) is 3.19. The minimum absolute atomic E-state index is 0.106. The van der Waals surface area contributed by atoms with E-state index in [0.29, 0.717) is 35.8 Å². The number of carbonyl (C=O) groups excluding carboxylic acids is 1. The van der Waals surface area contributed by atoms with Crippen molar-refractivity contribution in [3.05, 3.63) is 57.9 Å². The van der Waals surface area contributed by atoms with Gasteiger partial charge in [-0.3, -0.25) is 4.79 Å². The van der Waals surface area contributed by atoms with Crippen molar-refractivity contribution in [3.8, 4) is 12.3 Å². The molecular weight excluding hydrogens is 502 g/mol. The molecule has 1 atom stereocenters. The third-order valence-corrected chi connectivity index (χ3v) is 9.38. The number of thiazole rings is 1. The molecular formula is C26H28ClN3O3S2. The molecule has 4 rings (SSSR count). The molecule has 1 aromatic heterocycles. The second kappa shape index (κ2) is 11.1. The minimum Gasteiger partial charge on any atom is -0.305 e. The summed E-state index contributed by atoms with van der Waals surface area (Å²) in [6.45, 7) is 2.95. The van der Waals surface area contributed by atoms with Gasteiger partial charge in [-0.1, -0.05) is 48.3 Å². The number of hydrogen-bond acceptors (Lipinski definition) is 4. The number of carbonyl (C=O) groups is 1. The van der Waals surface area contributed by atoms with Crippen molar-refractivity contribution in [2.45, 2.75) is 50.5 Å². The predicted molar refractivity (Wildman–Crippen MR) is 141 cm³/mol. The first-order valence-electron chi connectivity index (χ1n) is 11.7. The Balaban J connectivity index is 1.61. The highest BCUT2D eigenvalue weighted by Crippen LogP contribution is 2.26. The van der Waals surface area contributed by atoms with Gasteiger partial charge >= 0.3 is 0 Å². The van der Waals surface area contributed by atoms with Crippen LogP contribution in [-0.2, 0) is 27.8 Å². The number of rotatable bonds is 7. The number of sulfonamides is 1. The van der Waals surface area contributed by atoms with E-state index in [1.807, 2.05) is 10.6 Å². The van der Waals surface area contributed by atoms with Crippen LogP contribution >= 0.6 is 22.9 Å². The van der Waals surface area contributed by atoms with Gasteiger partial charge in [0.25, 0.3) is 5.91 Å². The SMILES string of the molecule is C#CCn1c(=NC(=O)C2CCCN(S(=O)(=O)c3ccc(Cl)cc3)C2)sc2cc(CCCC)ccc21. The Kier molecular flexibility index (Phi) is 8.12. The van der Waals surface area contributed by atoms with Gasteiger partial charge in [-0.05, 0) is 67.6 Å². The Morgan fingerprint density at radius 1 is 1.26 bits per heavy atom. The van der Waals surface area contributed by atoms with E-state index in [1.54, 1.807) is 12.1 Å². The fraction of sp³-hybridized carbons (Fsp3) is 0.385. The molecule has 0 bridgehead atoms. The fourth-order valence-corrected chi connectivity index (χ4v) is 7.04. The molecule has 0 aliphatic carbocycles. The van der Waals surface area contributed by atoms with Crippen LogP contribution in [0.1, 0.15) is 38.2 Å². The van der Waals surface area contributed by atoms with E-state index < -0.39 is 15.9 Å². The first-order valence-corrected chi connectivity index (χ1v) is 14.4. The quantitative estimate of drug-likeness (QED) is 0.410. The van der Waals surface area contributed by atoms with E-state index in [9.17, 15) is 13.2 Å². The summed E-state index contributed by atoms with van der Waals surface area (Å²) in [5.74, 6) is 1.84. The van der Waals surface area contributed by atoms with Gasteiger partial charge in [0.15, 0.2) is 4.80 Å². The molecule has 35 heavy (non-hydrogen) atoms. The van der Waals surface area contributed by atoms with Crippen LogP contribution in [0.5, 0.6) is 0 Å². The van der Waals surface area contributed by atoms with Crippen molar-refractivity contribution in [1.29, 1.82) is 0 Å². The molecule has 1 aliphatic rings. The molecule has 2 aromatic carbocycles. The number of piperidine rings is 1. The summed E-state index contributed by atoms with van der Waals surface area (Å²) >= 11 is 7.35. The molecule has 0 radical (unpaired) electrons. The maximum atomic E-state index is 13.2. The number of aromatic nitrogens is 1. The lowest BCUT2D eigenvalue weighted by atomic mass is 9.99.